The maximum absolute atomic E-state index is 12.9. The molecule has 0 aromatic carbocycles. The molecule has 0 saturated carbocycles. The summed E-state index contributed by atoms with van der Waals surface area (Å²) in [5, 5.41) is 30.7. The van der Waals surface area contributed by atoms with Gasteiger partial charge in [-0.05, 0) is 51.4 Å². The largest absolute Gasteiger partial charge is 0.457 e. The molecule has 0 radical (unpaired) electrons. The molecule has 4 N–H and O–H groups in total. The number of aliphatic hydroxyl groups excluding tert-OH is 3. The molecule has 1 rings (SSSR count). The molecule has 62 heavy (non-hydrogen) atoms. The van der Waals surface area contributed by atoms with Crippen molar-refractivity contribution in [3.63, 3.8) is 0 Å². The second-order valence-electron chi connectivity index (χ2n) is 16.7. The summed E-state index contributed by atoms with van der Waals surface area (Å²) in [4.78, 5) is 12.9. The van der Waals surface area contributed by atoms with Crippen molar-refractivity contribution in [2.45, 2.75) is 230 Å². The first-order chi connectivity index (χ1) is 30.1. The number of hydrogen-bond acceptors (Lipinski definition) is 11. The normalized spacial score (nSPS) is 20.4. The quantitative estimate of drug-likeness (QED) is 0.0198. The summed E-state index contributed by atoms with van der Waals surface area (Å²) in [6.07, 6.45) is 39.9. The number of unbranched alkanes of at least 4 members (excludes halogenated alkanes) is 21. The molecule has 0 aliphatic carbocycles. The molecule has 6 atom stereocenters. The first kappa shape index (κ1) is 58.1. The predicted octanol–water partition coefficient (Wildman–Crippen LogP) is 10.7. The lowest BCUT2D eigenvalue weighted by molar-refractivity contribution is -0.301. The summed E-state index contributed by atoms with van der Waals surface area (Å²) >= 11 is 0. The van der Waals surface area contributed by atoms with Crippen LogP contribution in [0.4, 0.5) is 0 Å². The number of rotatable bonds is 42. The van der Waals surface area contributed by atoms with E-state index in [1.54, 1.807) is 0 Å². The maximum atomic E-state index is 12.9. The van der Waals surface area contributed by atoms with E-state index in [4.69, 9.17) is 18.9 Å². The zero-order valence-electron chi connectivity index (χ0n) is 38.7. The van der Waals surface area contributed by atoms with Gasteiger partial charge in [0.2, 0.25) is 0 Å². The Bertz CT molecular complexity index is 1270. The molecular weight excluding hydrogens is 813 g/mol. The molecule has 0 aromatic heterocycles. The van der Waals surface area contributed by atoms with Gasteiger partial charge in [-0.15, -0.1) is 0 Å². The Morgan fingerprint density at radius 3 is 1.63 bits per heavy atom. The Morgan fingerprint density at radius 1 is 0.629 bits per heavy atom. The van der Waals surface area contributed by atoms with Crippen LogP contribution in [-0.4, -0.2) is 97.5 Å². The number of carbonyl (C=O) groups is 1. The molecular formula is C49H88O12S. The van der Waals surface area contributed by atoms with Gasteiger partial charge in [-0.25, -0.2) is 4.18 Å². The van der Waals surface area contributed by atoms with Crippen LogP contribution in [0.1, 0.15) is 194 Å². The van der Waals surface area contributed by atoms with Crippen molar-refractivity contribution in [3.05, 3.63) is 48.6 Å². The monoisotopic (exact) mass is 901 g/mol. The smallest absolute Gasteiger partial charge is 0.397 e. The van der Waals surface area contributed by atoms with Gasteiger partial charge in [0, 0.05) is 13.0 Å². The molecule has 0 aromatic rings. The molecule has 0 amide bonds. The van der Waals surface area contributed by atoms with Crippen molar-refractivity contribution in [1.82, 2.24) is 0 Å². The van der Waals surface area contributed by atoms with Crippen LogP contribution in [0, 0.1) is 0 Å². The maximum Gasteiger partial charge on any atom is 0.397 e. The third kappa shape index (κ3) is 33.6. The number of ether oxygens (including phenoxy) is 4. The molecule has 1 heterocycles. The van der Waals surface area contributed by atoms with E-state index in [0.717, 1.165) is 83.5 Å². The Labute approximate surface area is 376 Å². The fourth-order valence-electron chi connectivity index (χ4n) is 7.31. The molecule has 1 aliphatic rings. The molecule has 1 fully saturated rings. The average molecular weight is 901 g/mol. The van der Waals surface area contributed by atoms with E-state index >= 15 is 0 Å². The van der Waals surface area contributed by atoms with Crippen LogP contribution in [-0.2, 0) is 38.3 Å². The minimum Gasteiger partial charge on any atom is -0.457 e. The molecule has 1 saturated heterocycles. The number of esters is 1. The van der Waals surface area contributed by atoms with Crippen molar-refractivity contribution in [1.29, 1.82) is 0 Å². The highest BCUT2D eigenvalue weighted by atomic mass is 32.3. The lowest BCUT2D eigenvalue weighted by atomic mass is 9.99. The minimum absolute atomic E-state index is 0.0313. The topological polar surface area (TPSA) is 178 Å². The summed E-state index contributed by atoms with van der Waals surface area (Å²) in [7, 11) is -5.07. The molecule has 1 aliphatic heterocycles. The molecule has 13 heteroatoms. The Morgan fingerprint density at radius 2 is 1.11 bits per heavy atom. The summed E-state index contributed by atoms with van der Waals surface area (Å²) in [5.41, 5.74) is 0. The van der Waals surface area contributed by atoms with Crippen LogP contribution in [0.2, 0.25) is 0 Å². The van der Waals surface area contributed by atoms with Gasteiger partial charge in [0.25, 0.3) is 0 Å². The van der Waals surface area contributed by atoms with Gasteiger partial charge in [-0.2, -0.15) is 8.42 Å². The first-order valence-electron chi connectivity index (χ1n) is 24.4. The van der Waals surface area contributed by atoms with Gasteiger partial charge in [0.1, 0.15) is 30.5 Å². The van der Waals surface area contributed by atoms with Crippen LogP contribution in [0.25, 0.3) is 0 Å². The molecule has 362 valence electrons. The van der Waals surface area contributed by atoms with Gasteiger partial charge < -0.3 is 34.3 Å². The average Bonchev–Trinajstić information content (AvgIpc) is 3.24. The second kappa shape index (κ2) is 40.6. The number of carbonyl (C=O) groups excluding carboxylic acids is 1. The van der Waals surface area contributed by atoms with Crippen LogP contribution in [0.5, 0.6) is 0 Å². The van der Waals surface area contributed by atoms with E-state index in [-0.39, 0.29) is 19.6 Å². The lowest BCUT2D eigenvalue weighted by Gasteiger charge is -2.41. The van der Waals surface area contributed by atoms with Gasteiger partial charge in [-0.3, -0.25) is 9.35 Å². The predicted molar refractivity (Wildman–Crippen MR) is 248 cm³/mol. The van der Waals surface area contributed by atoms with E-state index in [1.807, 2.05) is 0 Å². The minimum atomic E-state index is -5.07. The first-order valence-corrected chi connectivity index (χ1v) is 25.8. The fourth-order valence-corrected chi connectivity index (χ4v) is 7.82. The van der Waals surface area contributed by atoms with Gasteiger partial charge >= 0.3 is 16.4 Å². The molecule has 0 bridgehead atoms. The zero-order chi connectivity index (χ0) is 45.4. The number of aliphatic hydroxyl groups is 3. The number of hydrogen-bond donors (Lipinski definition) is 4. The van der Waals surface area contributed by atoms with Crippen LogP contribution in [0.3, 0.4) is 0 Å². The fraction of sp³-hybridized carbons (Fsp3) is 0.816. The Kier molecular flexibility index (Phi) is 38.0. The zero-order valence-corrected chi connectivity index (χ0v) is 39.5. The van der Waals surface area contributed by atoms with Gasteiger partial charge in [-0.1, -0.05) is 184 Å². The summed E-state index contributed by atoms with van der Waals surface area (Å²) in [6, 6.07) is 0. The number of allylic oxidation sites excluding steroid dienone is 8. The third-order valence-corrected chi connectivity index (χ3v) is 11.4. The summed E-state index contributed by atoms with van der Waals surface area (Å²) in [6.45, 7) is 3.88. The van der Waals surface area contributed by atoms with Gasteiger partial charge in [0.15, 0.2) is 6.29 Å². The molecule has 0 spiro atoms. The SMILES string of the molecule is CC/C=C\C/C=C\C/C=C\C/C=C\CCCCCCCCC(=O)OC(COCCCCCCCCCCCCCCCCCC)COC1OC(CO)C(O)C(OS(=O)(=O)O)C1O. The van der Waals surface area contributed by atoms with E-state index in [2.05, 4.69) is 66.6 Å². The highest BCUT2D eigenvalue weighted by Gasteiger charge is 2.48. The van der Waals surface area contributed by atoms with E-state index in [1.165, 1.54) is 83.5 Å². The van der Waals surface area contributed by atoms with Crippen molar-refractivity contribution in [3.8, 4) is 0 Å². The van der Waals surface area contributed by atoms with E-state index in [0.29, 0.717) is 13.0 Å². The standard InChI is InChI=1S/C49H88O12S/c1-3-5-7-9-11-13-15-17-19-21-22-23-24-26-28-30-32-34-36-38-45(51)59-43(42-58-49-47(53)48(61-62(54,55)56)46(52)44(40-50)60-49)41-57-39-37-35-33-31-29-27-25-20-18-16-14-12-10-8-6-4-2/h5,7,11,13,17,19,22-23,43-44,46-50,52-53H,3-4,6,8-10,12,14-16,18,20-21,24-42H2,1-2H3,(H,54,55,56)/b7-5-,13-11-,19-17-,23-22-. The lowest BCUT2D eigenvalue weighted by Crippen LogP contribution is -2.60. The van der Waals surface area contributed by atoms with Crippen LogP contribution < -0.4 is 0 Å². The van der Waals surface area contributed by atoms with Crippen molar-refractivity contribution >= 4 is 16.4 Å². The van der Waals surface area contributed by atoms with Gasteiger partial charge in [0.05, 0.1) is 19.8 Å². The van der Waals surface area contributed by atoms with Crippen LogP contribution >= 0.6 is 0 Å². The highest BCUT2D eigenvalue weighted by Crippen LogP contribution is 2.26. The van der Waals surface area contributed by atoms with Crippen molar-refractivity contribution in [2.75, 3.05) is 26.4 Å². The van der Waals surface area contributed by atoms with Crippen molar-refractivity contribution < 1.29 is 56.2 Å². The van der Waals surface area contributed by atoms with Crippen molar-refractivity contribution in [2.24, 2.45) is 0 Å². The summed E-state index contributed by atoms with van der Waals surface area (Å²) < 4.78 is 59.2. The summed E-state index contributed by atoms with van der Waals surface area (Å²) in [5.74, 6) is -0.412. The van der Waals surface area contributed by atoms with E-state index in [9.17, 15) is 33.1 Å². The Hall–Kier alpha value is -1.94. The van der Waals surface area contributed by atoms with Crippen LogP contribution in [0.15, 0.2) is 48.6 Å². The van der Waals surface area contributed by atoms with E-state index < -0.39 is 59.8 Å². The Balaban J connectivity index is 2.40. The molecule has 12 nitrogen and oxygen atoms in total. The second-order valence-corrected chi connectivity index (χ2v) is 17.7. The third-order valence-electron chi connectivity index (χ3n) is 11.0. The highest BCUT2D eigenvalue weighted by molar-refractivity contribution is 7.80. The molecule has 6 unspecified atom stereocenters.